The maximum absolute atomic E-state index is 9.56. The molecule has 1 aromatic rings. The van der Waals surface area contributed by atoms with E-state index in [2.05, 4.69) is 38.4 Å². The van der Waals surface area contributed by atoms with Crippen LogP contribution >= 0.6 is 15.9 Å². The third-order valence-corrected chi connectivity index (χ3v) is 4.40. The highest BCUT2D eigenvalue weighted by atomic mass is 79.9. The third kappa shape index (κ3) is 2.01. The summed E-state index contributed by atoms with van der Waals surface area (Å²) in [6, 6.07) is 5.89. The number of nitrogens with one attached hydrogen (secondary N) is 1. The summed E-state index contributed by atoms with van der Waals surface area (Å²) in [7, 11) is 2.15. The molecule has 1 fully saturated rings. The summed E-state index contributed by atoms with van der Waals surface area (Å²) in [5.41, 5.74) is 5.69. The van der Waals surface area contributed by atoms with E-state index in [0.29, 0.717) is 5.92 Å². The van der Waals surface area contributed by atoms with E-state index < -0.39 is 0 Å². The molecule has 0 aromatic heterocycles. The highest BCUT2D eigenvalue weighted by Gasteiger charge is 2.36. The Kier molecular flexibility index (Phi) is 3.03. The first kappa shape index (κ1) is 12.0. The molecule has 0 radical (unpaired) electrons. The first-order valence-corrected chi connectivity index (χ1v) is 6.93. The van der Waals surface area contributed by atoms with Gasteiger partial charge in [0.1, 0.15) is 5.75 Å². The normalized spacial score (nSPS) is 27.6. The van der Waals surface area contributed by atoms with E-state index >= 15 is 0 Å². The maximum atomic E-state index is 9.56. The second-order valence-corrected chi connectivity index (χ2v) is 5.89. The Balaban J connectivity index is 1.87. The number of nitrogens with zero attached hydrogens (tertiary/aromatic N) is 2. The van der Waals surface area contributed by atoms with Crippen LogP contribution in [0, 0.1) is 5.92 Å². The van der Waals surface area contributed by atoms with E-state index in [4.69, 9.17) is 0 Å². The van der Waals surface area contributed by atoms with Gasteiger partial charge in [-0.15, -0.1) is 0 Å². The number of benzene rings is 1. The van der Waals surface area contributed by atoms with Gasteiger partial charge < -0.3 is 15.4 Å². The quantitative estimate of drug-likeness (QED) is 0.835. The lowest BCUT2D eigenvalue weighted by Gasteiger charge is -2.31. The van der Waals surface area contributed by atoms with E-state index in [1.54, 1.807) is 6.07 Å². The molecule has 4 nitrogen and oxygen atoms in total. The van der Waals surface area contributed by atoms with Gasteiger partial charge >= 0.3 is 0 Å². The summed E-state index contributed by atoms with van der Waals surface area (Å²) in [4.78, 5) is 2.35. The number of hydrogen-bond donors (Lipinski definition) is 2. The van der Waals surface area contributed by atoms with Crippen LogP contribution in [0.4, 0.5) is 0 Å². The van der Waals surface area contributed by atoms with Crippen LogP contribution in [0.3, 0.4) is 0 Å². The molecular formula is C13H16BrN3O. The maximum Gasteiger partial charge on any atom is 0.129 e. The van der Waals surface area contributed by atoms with Gasteiger partial charge in [-0.3, -0.25) is 0 Å². The Morgan fingerprint density at radius 1 is 1.50 bits per heavy atom. The molecule has 0 amide bonds. The van der Waals surface area contributed by atoms with E-state index in [-0.39, 0.29) is 11.8 Å². The van der Waals surface area contributed by atoms with Gasteiger partial charge in [0.2, 0.25) is 0 Å². The molecule has 0 saturated carbocycles. The van der Waals surface area contributed by atoms with Crippen LogP contribution in [0.2, 0.25) is 0 Å². The van der Waals surface area contributed by atoms with Crippen LogP contribution in [0.1, 0.15) is 18.0 Å². The predicted octanol–water partition coefficient (Wildman–Crippen LogP) is 2.11. The Bertz CT molecular complexity index is 503. The zero-order chi connectivity index (χ0) is 12.7. The minimum atomic E-state index is 0.222. The van der Waals surface area contributed by atoms with Crippen LogP contribution in [-0.4, -0.2) is 35.9 Å². The average Bonchev–Trinajstić information content (AvgIpc) is 2.75. The van der Waals surface area contributed by atoms with Crippen molar-refractivity contribution in [3.8, 4) is 5.75 Å². The summed E-state index contributed by atoms with van der Waals surface area (Å²) in [6.07, 6.45) is 1.05. The van der Waals surface area contributed by atoms with E-state index in [0.717, 1.165) is 24.0 Å². The van der Waals surface area contributed by atoms with E-state index in [1.165, 1.54) is 11.3 Å². The zero-order valence-electron chi connectivity index (χ0n) is 10.2. The van der Waals surface area contributed by atoms with Gasteiger partial charge in [0.05, 0.1) is 10.5 Å². The summed E-state index contributed by atoms with van der Waals surface area (Å²) in [6.45, 7) is 2.12. The SMILES string of the molecule is CN1CCC2=NNC(c3ccc(O)c(Br)c3)C2C1. The smallest absolute Gasteiger partial charge is 0.129 e. The van der Waals surface area contributed by atoms with Crippen LogP contribution in [-0.2, 0) is 0 Å². The molecule has 0 spiro atoms. The first-order chi connectivity index (χ1) is 8.65. The summed E-state index contributed by atoms with van der Waals surface area (Å²) in [5, 5.41) is 14.0. The zero-order valence-corrected chi connectivity index (χ0v) is 11.8. The Hall–Kier alpha value is -1.07. The van der Waals surface area contributed by atoms with Crippen LogP contribution < -0.4 is 5.43 Å². The molecule has 1 saturated heterocycles. The molecule has 1 aromatic carbocycles. The van der Waals surface area contributed by atoms with Gasteiger partial charge in [-0.2, -0.15) is 5.10 Å². The van der Waals surface area contributed by atoms with Gasteiger partial charge in [-0.1, -0.05) is 6.07 Å². The van der Waals surface area contributed by atoms with Crippen molar-refractivity contribution in [2.75, 3.05) is 20.1 Å². The molecule has 2 aliphatic heterocycles. The molecular weight excluding hydrogens is 294 g/mol. The molecule has 0 bridgehead atoms. The molecule has 5 heteroatoms. The van der Waals surface area contributed by atoms with Crippen molar-refractivity contribution in [1.82, 2.24) is 10.3 Å². The van der Waals surface area contributed by atoms with Crippen molar-refractivity contribution >= 4 is 21.6 Å². The van der Waals surface area contributed by atoms with Crippen molar-refractivity contribution in [3.05, 3.63) is 28.2 Å². The fraction of sp³-hybridized carbons (Fsp3) is 0.462. The lowest BCUT2D eigenvalue weighted by molar-refractivity contribution is 0.272. The molecule has 2 N–H and O–H groups in total. The molecule has 96 valence electrons. The number of hydrogen-bond acceptors (Lipinski definition) is 4. The lowest BCUT2D eigenvalue weighted by Crippen LogP contribution is -2.39. The van der Waals surface area contributed by atoms with Gasteiger partial charge in [0.15, 0.2) is 0 Å². The number of fused-ring (bicyclic) bond motifs is 1. The number of piperidine rings is 1. The molecule has 2 heterocycles. The molecule has 0 aliphatic carbocycles. The molecule has 2 atom stereocenters. The lowest BCUT2D eigenvalue weighted by atomic mass is 9.86. The first-order valence-electron chi connectivity index (χ1n) is 6.14. The number of phenols is 1. The number of rotatable bonds is 1. The van der Waals surface area contributed by atoms with Gasteiger partial charge in [-0.25, -0.2) is 0 Å². The Morgan fingerprint density at radius 2 is 2.33 bits per heavy atom. The molecule has 2 unspecified atom stereocenters. The molecule has 2 aliphatic rings. The van der Waals surface area contributed by atoms with E-state index in [1.807, 2.05) is 12.1 Å². The predicted molar refractivity (Wildman–Crippen MR) is 74.7 cm³/mol. The topological polar surface area (TPSA) is 47.9 Å². The third-order valence-electron chi connectivity index (χ3n) is 3.77. The van der Waals surface area contributed by atoms with Gasteiger partial charge in [0.25, 0.3) is 0 Å². The minimum absolute atomic E-state index is 0.222. The van der Waals surface area contributed by atoms with Crippen LogP contribution in [0.15, 0.2) is 27.8 Å². The second-order valence-electron chi connectivity index (χ2n) is 5.04. The number of aromatic hydroxyl groups is 1. The van der Waals surface area contributed by atoms with E-state index in [9.17, 15) is 5.11 Å². The van der Waals surface area contributed by atoms with Crippen molar-refractivity contribution in [2.45, 2.75) is 12.5 Å². The molecule has 3 rings (SSSR count). The number of likely N-dealkylation sites (tertiary alicyclic amines) is 1. The summed E-state index contributed by atoms with van der Waals surface area (Å²) < 4.78 is 0.736. The standard InChI is InChI=1S/C13H16BrN3O/c1-17-5-4-11-9(7-17)13(16-15-11)8-2-3-12(18)10(14)6-8/h2-3,6,9,13,16,18H,4-5,7H2,1H3. The van der Waals surface area contributed by atoms with Crippen LogP contribution in [0.25, 0.3) is 0 Å². The molecule has 18 heavy (non-hydrogen) atoms. The van der Waals surface area contributed by atoms with Crippen molar-refractivity contribution in [3.63, 3.8) is 0 Å². The summed E-state index contributed by atoms with van der Waals surface area (Å²) in [5.74, 6) is 0.721. The second kappa shape index (κ2) is 4.55. The highest BCUT2D eigenvalue weighted by Crippen LogP contribution is 2.35. The Morgan fingerprint density at radius 3 is 3.11 bits per heavy atom. The van der Waals surface area contributed by atoms with Gasteiger partial charge in [-0.05, 0) is 40.7 Å². The fourth-order valence-electron chi connectivity index (χ4n) is 2.73. The van der Waals surface area contributed by atoms with Crippen molar-refractivity contribution in [2.24, 2.45) is 11.0 Å². The van der Waals surface area contributed by atoms with Crippen LogP contribution in [0.5, 0.6) is 5.75 Å². The Labute approximate surface area is 115 Å². The highest BCUT2D eigenvalue weighted by molar-refractivity contribution is 9.10. The van der Waals surface area contributed by atoms with Gasteiger partial charge in [0, 0.05) is 31.1 Å². The monoisotopic (exact) mass is 309 g/mol. The largest absolute Gasteiger partial charge is 0.507 e. The number of hydrazone groups is 1. The number of phenolic OH excluding ortho intramolecular Hbond substituents is 1. The average molecular weight is 310 g/mol. The fourth-order valence-corrected chi connectivity index (χ4v) is 3.12. The number of halogens is 1. The van der Waals surface area contributed by atoms with Crippen molar-refractivity contribution in [1.29, 1.82) is 0 Å². The summed E-state index contributed by atoms with van der Waals surface area (Å²) >= 11 is 3.37. The van der Waals surface area contributed by atoms with Crippen molar-refractivity contribution < 1.29 is 5.11 Å². The minimum Gasteiger partial charge on any atom is -0.507 e.